The van der Waals surface area contributed by atoms with Crippen LogP contribution in [0, 0.1) is 0 Å². The Morgan fingerprint density at radius 1 is 1.38 bits per heavy atom. The van der Waals surface area contributed by atoms with Gasteiger partial charge in [0.25, 0.3) is 0 Å². The molecule has 1 aromatic rings. The van der Waals surface area contributed by atoms with Crippen molar-refractivity contribution in [3.63, 3.8) is 0 Å². The fourth-order valence-electron chi connectivity index (χ4n) is 0.926. The first kappa shape index (κ1) is 9.74. The highest BCUT2D eigenvalue weighted by atomic mass is 35.5. The third kappa shape index (κ3) is 2.87. The van der Waals surface area contributed by atoms with E-state index < -0.39 is 0 Å². The number of hydrogen-bond donors (Lipinski definition) is 1. The molecule has 13 heavy (non-hydrogen) atoms. The molecule has 1 rings (SSSR count). The molecule has 0 radical (unpaired) electrons. The number of benzene rings is 1. The fourth-order valence-corrected chi connectivity index (χ4v) is 0.993. The number of nitrogens with zero attached hydrogens (tertiary/aromatic N) is 1. The normalized spacial score (nSPS) is 11.3. The molecule has 3 nitrogen and oxygen atoms in total. The van der Waals surface area contributed by atoms with E-state index in [1.807, 2.05) is 30.3 Å². The number of carbonyl (C=O) groups excluding carboxylic acids is 1. The summed E-state index contributed by atoms with van der Waals surface area (Å²) in [6, 6.07) is 9.29. The predicted octanol–water partition coefficient (Wildman–Crippen LogP) is 1.31. The van der Waals surface area contributed by atoms with Gasteiger partial charge < -0.3 is 5.84 Å². The monoisotopic (exact) mass is 196 g/mol. The van der Waals surface area contributed by atoms with Crippen molar-refractivity contribution >= 4 is 22.6 Å². The number of ketones is 1. The third-order valence-electron chi connectivity index (χ3n) is 1.55. The summed E-state index contributed by atoms with van der Waals surface area (Å²) in [5.41, 5.74) is 0.898. The Labute approximate surface area is 81.2 Å². The molecule has 0 aromatic heterocycles. The van der Waals surface area contributed by atoms with Gasteiger partial charge in [0.2, 0.25) is 0 Å². The van der Waals surface area contributed by atoms with Gasteiger partial charge in [-0.05, 0) is 5.56 Å². The third-order valence-corrected chi connectivity index (χ3v) is 1.86. The highest BCUT2D eigenvalue weighted by molar-refractivity contribution is 6.83. The lowest BCUT2D eigenvalue weighted by molar-refractivity contribution is -0.112. The van der Waals surface area contributed by atoms with Gasteiger partial charge in [-0.25, -0.2) is 0 Å². The lowest BCUT2D eigenvalue weighted by atomic mass is 10.1. The van der Waals surface area contributed by atoms with Crippen LogP contribution >= 0.6 is 11.6 Å². The van der Waals surface area contributed by atoms with Gasteiger partial charge in [0.15, 0.2) is 11.0 Å². The van der Waals surface area contributed by atoms with Crippen LogP contribution in [-0.4, -0.2) is 11.0 Å². The van der Waals surface area contributed by atoms with Crippen molar-refractivity contribution < 1.29 is 4.79 Å². The topological polar surface area (TPSA) is 55.4 Å². The van der Waals surface area contributed by atoms with Crippen molar-refractivity contribution in [2.24, 2.45) is 10.9 Å². The molecule has 0 aliphatic rings. The number of hydrogen-bond acceptors (Lipinski definition) is 3. The van der Waals surface area contributed by atoms with Gasteiger partial charge in [0.1, 0.15) is 0 Å². The number of hydrazone groups is 1. The van der Waals surface area contributed by atoms with E-state index in [1.165, 1.54) is 0 Å². The summed E-state index contributed by atoms with van der Waals surface area (Å²) in [4.78, 5) is 11.2. The molecule has 0 atom stereocenters. The van der Waals surface area contributed by atoms with E-state index in [2.05, 4.69) is 5.10 Å². The molecule has 0 saturated heterocycles. The Kier molecular flexibility index (Phi) is 3.46. The van der Waals surface area contributed by atoms with Gasteiger partial charge in [-0.1, -0.05) is 41.9 Å². The summed E-state index contributed by atoms with van der Waals surface area (Å²) in [5, 5.41) is 2.95. The Morgan fingerprint density at radius 2 is 2.00 bits per heavy atom. The van der Waals surface area contributed by atoms with Crippen LogP contribution in [-0.2, 0) is 11.2 Å². The quantitative estimate of drug-likeness (QED) is 0.450. The molecule has 0 bridgehead atoms. The van der Waals surface area contributed by atoms with Gasteiger partial charge in [0, 0.05) is 6.42 Å². The van der Waals surface area contributed by atoms with E-state index in [0.717, 1.165) is 5.56 Å². The van der Waals surface area contributed by atoms with Crippen molar-refractivity contribution in [3.05, 3.63) is 35.9 Å². The zero-order valence-electron chi connectivity index (χ0n) is 6.90. The van der Waals surface area contributed by atoms with Crippen LogP contribution in [0.3, 0.4) is 0 Å². The van der Waals surface area contributed by atoms with E-state index in [4.69, 9.17) is 17.4 Å². The maximum absolute atomic E-state index is 11.2. The van der Waals surface area contributed by atoms with Gasteiger partial charge in [-0.15, -0.1) is 0 Å². The minimum atomic E-state index is -0.268. The molecule has 0 fully saturated rings. The van der Waals surface area contributed by atoms with Crippen molar-refractivity contribution in [2.45, 2.75) is 6.42 Å². The minimum Gasteiger partial charge on any atom is -0.322 e. The summed E-state index contributed by atoms with van der Waals surface area (Å²) >= 11 is 5.44. The van der Waals surface area contributed by atoms with Gasteiger partial charge >= 0.3 is 0 Å². The second-order valence-corrected chi connectivity index (χ2v) is 2.86. The van der Waals surface area contributed by atoms with Crippen LogP contribution < -0.4 is 5.84 Å². The largest absolute Gasteiger partial charge is 0.322 e. The molecule has 0 aliphatic heterocycles. The molecule has 4 heteroatoms. The number of Topliss-reactive ketones (excluding diaryl/α,β-unsaturated/α-hetero) is 1. The molecule has 1 aromatic carbocycles. The molecule has 0 saturated carbocycles. The van der Waals surface area contributed by atoms with Gasteiger partial charge in [-0.3, -0.25) is 4.79 Å². The maximum atomic E-state index is 11.2. The minimum absolute atomic E-state index is 0.163. The molecule has 0 aliphatic carbocycles. The van der Waals surface area contributed by atoms with Crippen LogP contribution in [0.15, 0.2) is 35.4 Å². The second-order valence-electron chi connectivity index (χ2n) is 2.51. The number of nitrogens with two attached hydrogens (primary N) is 1. The van der Waals surface area contributed by atoms with Crippen molar-refractivity contribution in [2.75, 3.05) is 0 Å². The first-order valence-electron chi connectivity index (χ1n) is 3.74. The molecule has 68 valence electrons. The SMILES string of the molecule is N/N=C(\Cl)C(=O)Cc1ccccc1. The Morgan fingerprint density at radius 3 is 2.54 bits per heavy atom. The fraction of sp³-hybridized carbons (Fsp3) is 0.111. The average Bonchev–Trinajstić information content (AvgIpc) is 2.18. The summed E-state index contributed by atoms with van der Waals surface area (Å²) in [5.74, 6) is 4.59. The summed E-state index contributed by atoms with van der Waals surface area (Å²) in [7, 11) is 0. The molecule has 0 unspecified atom stereocenters. The lowest BCUT2D eigenvalue weighted by Gasteiger charge is -1.97. The van der Waals surface area contributed by atoms with E-state index in [9.17, 15) is 4.79 Å². The molecule has 0 spiro atoms. The predicted molar refractivity (Wildman–Crippen MR) is 52.6 cm³/mol. The zero-order chi connectivity index (χ0) is 9.68. The smallest absolute Gasteiger partial charge is 0.198 e. The number of rotatable bonds is 3. The van der Waals surface area contributed by atoms with E-state index in [1.54, 1.807) is 0 Å². The zero-order valence-corrected chi connectivity index (χ0v) is 7.66. The lowest BCUT2D eigenvalue weighted by Crippen LogP contribution is -2.12. The molecule has 0 amide bonds. The molecule has 0 heterocycles. The first-order valence-corrected chi connectivity index (χ1v) is 4.12. The molecule has 2 N–H and O–H groups in total. The van der Waals surface area contributed by atoms with Crippen molar-refractivity contribution in [1.82, 2.24) is 0 Å². The highest BCUT2D eigenvalue weighted by Gasteiger charge is 2.08. The van der Waals surface area contributed by atoms with Crippen LogP contribution in [0.25, 0.3) is 0 Å². The second kappa shape index (κ2) is 4.62. The Balaban J connectivity index is 2.66. The Hall–Kier alpha value is -1.35. The van der Waals surface area contributed by atoms with Crippen LogP contribution in [0.2, 0.25) is 0 Å². The van der Waals surface area contributed by atoms with Gasteiger partial charge in [-0.2, -0.15) is 5.10 Å². The first-order chi connectivity index (χ1) is 6.24. The van der Waals surface area contributed by atoms with Crippen LogP contribution in [0.1, 0.15) is 5.56 Å². The van der Waals surface area contributed by atoms with Crippen LogP contribution in [0.5, 0.6) is 0 Å². The Bertz CT molecular complexity index is 322. The molecular weight excluding hydrogens is 188 g/mol. The van der Waals surface area contributed by atoms with Gasteiger partial charge in [0.05, 0.1) is 0 Å². The standard InChI is InChI=1S/C9H9ClN2O/c10-9(12-11)8(13)6-7-4-2-1-3-5-7/h1-5H,6,11H2/b12-9-. The summed E-state index contributed by atoms with van der Waals surface area (Å²) in [6.07, 6.45) is 0.236. The van der Waals surface area contributed by atoms with E-state index in [0.29, 0.717) is 0 Å². The van der Waals surface area contributed by atoms with E-state index in [-0.39, 0.29) is 17.4 Å². The van der Waals surface area contributed by atoms with E-state index >= 15 is 0 Å². The average molecular weight is 197 g/mol. The summed E-state index contributed by atoms with van der Waals surface area (Å²) in [6.45, 7) is 0. The van der Waals surface area contributed by atoms with Crippen molar-refractivity contribution in [1.29, 1.82) is 0 Å². The number of carbonyl (C=O) groups is 1. The summed E-state index contributed by atoms with van der Waals surface area (Å²) < 4.78 is 0. The van der Waals surface area contributed by atoms with Crippen LogP contribution in [0.4, 0.5) is 0 Å². The number of halogens is 1. The van der Waals surface area contributed by atoms with Crippen molar-refractivity contribution in [3.8, 4) is 0 Å². The maximum Gasteiger partial charge on any atom is 0.198 e. The molecular formula is C9H9ClN2O. The highest BCUT2D eigenvalue weighted by Crippen LogP contribution is 2.01.